The summed E-state index contributed by atoms with van der Waals surface area (Å²) in [4.78, 5) is 12.0. The van der Waals surface area contributed by atoms with Gasteiger partial charge in [0.25, 0.3) is 0 Å². The van der Waals surface area contributed by atoms with Crippen molar-refractivity contribution in [2.24, 2.45) is 0 Å². The standard InChI is InChI=1S/C18H18O5/c1-9-16(20)10(2)18-15(17(9)21)13(8-14(19)23-18)11-4-6-12(22-3)7-5-11/h4-7,13,20-21H,8H2,1-3H3. The SMILES string of the molecule is COc1ccc(C2CC(=O)Oc3c(C)c(O)c(C)c(O)c32)cc1. The molecule has 1 atom stereocenters. The van der Waals surface area contributed by atoms with E-state index in [9.17, 15) is 15.0 Å². The average molecular weight is 314 g/mol. The minimum Gasteiger partial charge on any atom is -0.507 e. The molecule has 0 saturated heterocycles. The zero-order valence-corrected chi connectivity index (χ0v) is 13.2. The molecule has 120 valence electrons. The largest absolute Gasteiger partial charge is 0.507 e. The van der Waals surface area contributed by atoms with Gasteiger partial charge >= 0.3 is 5.97 Å². The van der Waals surface area contributed by atoms with Crippen molar-refractivity contribution in [2.45, 2.75) is 26.2 Å². The number of ether oxygens (including phenoxy) is 2. The predicted octanol–water partition coefficient (Wildman–Crippen LogP) is 3.16. The molecule has 1 aliphatic rings. The Hall–Kier alpha value is -2.69. The molecule has 0 saturated carbocycles. The number of esters is 1. The van der Waals surface area contributed by atoms with Gasteiger partial charge in [0, 0.05) is 22.6 Å². The molecule has 1 aliphatic heterocycles. The van der Waals surface area contributed by atoms with E-state index in [0.29, 0.717) is 16.7 Å². The molecule has 0 aromatic heterocycles. The molecule has 0 aliphatic carbocycles. The molecule has 5 heteroatoms. The van der Waals surface area contributed by atoms with Crippen LogP contribution in [0, 0.1) is 13.8 Å². The van der Waals surface area contributed by atoms with Crippen molar-refractivity contribution in [2.75, 3.05) is 7.11 Å². The number of phenolic OH excluding ortho intramolecular Hbond substituents is 2. The predicted molar refractivity (Wildman–Crippen MR) is 84.3 cm³/mol. The summed E-state index contributed by atoms with van der Waals surface area (Å²) in [6, 6.07) is 7.35. The zero-order valence-electron chi connectivity index (χ0n) is 13.2. The van der Waals surface area contributed by atoms with Crippen LogP contribution >= 0.6 is 0 Å². The minimum atomic E-state index is -0.385. The summed E-state index contributed by atoms with van der Waals surface area (Å²) in [5.74, 6) is 0.178. The lowest BCUT2D eigenvalue weighted by Crippen LogP contribution is -2.22. The fourth-order valence-electron chi connectivity index (χ4n) is 3.01. The van der Waals surface area contributed by atoms with Crippen LogP contribution in [0.2, 0.25) is 0 Å². The highest BCUT2D eigenvalue weighted by atomic mass is 16.5. The van der Waals surface area contributed by atoms with Crippen LogP contribution in [-0.4, -0.2) is 23.3 Å². The molecule has 0 radical (unpaired) electrons. The smallest absolute Gasteiger partial charge is 0.312 e. The van der Waals surface area contributed by atoms with E-state index >= 15 is 0 Å². The number of phenols is 2. The molecule has 0 spiro atoms. The lowest BCUT2D eigenvalue weighted by atomic mass is 9.83. The lowest BCUT2D eigenvalue weighted by molar-refractivity contribution is -0.135. The second-order valence-corrected chi connectivity index (χ2v) is 5.69. The van der Waals surface area contributed by atoms with E-state index in [1.165, 1.54) is 0 Å². The number of rotatable bonds is 2. The van der Waals surface area contributed by atoms with Crippen molar-refractivity contribution in [1.82, 2.24) is 0 Å². The minimum absolute atomic E-state index is 0.0311. The van der Waals surface area contributed by atoms with Crippen LogP contribution in [0.25, 0.3) is 0 Å². The van der Waals surface area contributed by atoms with Crippen molar-refractivity contribution in [3.05, 3.63) is 46.5 Å². The van der Waals surface area contributed by atoms with Gasteiger partial charge in [0.2, 0.25) is 0 Å². The summed E-state index contributed by atoms with van der Waals surface area (Å²) in [6.07, 6.45) is 0.135. The van der Waals surface area contributed by atoms with E-state index in [4.69, 9.17) is 9.47 Å². The molecule has 1 heterocycles. The van der Waals surface area contributed by atoms with Crippen LogP contribution in [0.5, 0.6) is 23.0 Å². The fraction of sp³-hybridized carbons (Fsp3) is 0.278. The third-order valence-corrected chi connectivity index (χ3v) is 4.36. The third kappa shape index (κ3) is 2.38. The van der Waals surface area contributed by atoms with Gasteiger partial charge in [-0.2, -0.15) is 0 Å². The summed E-state index contributed by atoms with van der Waals surface area (Å²) >= 11 is 0. The van der Waals surface area contributed by atoms with Crippen molar-refractivity contribution in [3.8, 4) is 23.0 Å². The summed E-state index contributed by atoms with van der Waals surface area (Å²) in [7, 11) is 1.59. The van der Waals surface area contributed by atoms with Crippen LogP contribution in [0.1, 0.15) is 34.6 Å². The molecule has 0 amide bonds. The Bertz CT molecular complexity index is 777. The lowest BCUT2D eigenvalue weighted by Gasteiger charge is -2.28. The van der Waals surface area contributed by atoms with Gasteiger partial charge in [0.1, 0.15) is 23.0 Å². The van der Waals surface area contributed by atoms with Gasteiger partial charge in [-0.05, 0) is 31.5 Å². The maximum Gasteiger partial charge on any atom is 0.312 e. The Morgan fingerprint density at radius 3 is 2.35 bits per heavy atom. The van der Waals surface area contributed by atoms with Gasteiger partial charge in [0.15, 0.2) is 0 Å². The number of methoxy groups -OCH3 is 1. The number of fused-ring (bicyclic) bond motifs is 1. The quantitative estimate of drug-likeness (QED) is 0.658. The van der Waals surface area contributed by atoms with Crippen LogP contribution in [-0.2, 0) is 4.79 Å². The first-order valence-corrected chi connectivity index (χ1v) is 7.33. The second-order valence-electron chi connectivity index (χ2n) is 5.69. The van der Waals surface area contributed by atoms with Gasteiger partial charge in [-0.15, -0.1) is 0 Å². The maximum absolute atomic E-state index is 12.0. The Morgan fingerprint density at radius 1 is 1.09 bits per heavy atom. The van der Waals surface area contributed by atoms with Crippen LogP contribution < -0.4 is 9.47 Å². The highest BCUT2D eigenvalue weighted by Crippen LogP contribution is 2.50. The number of carbonyl (C=O) groups is 1. The Kier molecular flexibility index (Phi) is 3.64. The van der Waals surface area contributed by atoms with Gasteiger partial charge in [-0.1, -0.05) is 12.1 Å². The van der Waals surface area contributed by atoms with Crippen molar-refractivity contribution < 1.29 is 24.5 Å². The normalized spacial score (nSPS) is 16.7. The average Bonchev–Trinajstić information content (AvgIpc) is 2.57. The van der Waals surface area contributed by atoms with Gasteiger partial charge in [-0.3, -0.25) is 4.79 Å². The summed E-state index contributed by atoms with van der Waals surface area (Å²) in [5, 5.41) is 20.6. The molecule has 23 heavy (non-hydrogen) atoms. The number of hydrogen-bond donors (Lipinski definition) is 2. The Balaban J connectivity index is 2.20. The summed E-state index contributed by atoms with van der Waals surface area (Å²) in [6.45, 7) is 3.31. The van der Waals surface area contributed by atoms with E-state index in [1.807, 2.05) is 24.3 Å². The summed E-state index contributed by atoms with van der Waals surface area (Å²) in [5.41, 5.74) is 2.27. The van der Waals surface area contributed by atoms with Crippen LogP contribution in [0.3, 0.4) is 0 Å². The topological polar surface area (TPSA) is 76.0 Å². The van der Waals surface area contributed by atoms with Gasteiger partial charge in [0.05, 0.1) is 13.5 Å². The first-order chi connectivity index (χ1) is 10.9. The van der Waals surface area contributed by atoms with Crippen LogP contribution in [0.15, 0.2) is 24.3 Å². The number of aromatic hydroxyl groups is 2. The van der Waals surface area contributed by atoms with Gasteiger partial charge in [-0.25, -0.2) is 0 Å². The first kappa shape index (κ1) is 15.2. The summed E-state index contributed by atoms with van der Waals surface area (Å²) < 4.78 is 10.4. The molecule has 2 aromatic rings. The van der Waals surface area contributed by atoms with Crippen molar-refractivity contribution in [3.63, 3.8) is 0 Å². The van der Waals surface area contributed by atoms with Gasteiger partial charge < -0.3 is 19.7 Å². The third-order valence-electron chi connectivity index (χ3n) is 4.36. The van der Waals surface area contributed by atoms with E-state index in [2.05, 4.69) is 0 Å². The fourth-order valence-corrected chi connectivity index (χ4v) is 3.01. The van der Waals surface area contributed by atoms with Crippen LogP contribution in [0.4, 0.5) is 0 Å². The highest BCUT2D eigenvalue weighted by molar-refractivity contribution is 5.81. The van der Waals surface area contributed by atoms with E-state index in [0.717, 1.165) is 11.3 Å². The Labute approximate surface area is 134 Å². The number of carbonyl (C=O) groups excluding carboxylic acids is 1. The molecule has 0 bridgehead atoms. The van der Waals surface area contributed by atoms with Crippen molar-refractivity contribution in [1.29, 1.82) is 0 Å². The second kappa shape index (κ2) is 5.50. The monoisotopic (exact) mass is 314 g/mol. The highest BCUT2D eigenvalue weighted by Gasteiger charge is 2.34. The van der Waals surface area contributed by atoms with E-state index in [-0.39, 0.29) is 35.6 Å². The van der Waals surface area contributed by atoms with Crippen molar-refractivity contribution >= 4 is 5.97 Å². The maximum atomic E-state index is 12.0. The molecule has 2 aromatic carbocycles. The molecule has 0 fully saturated rings. The molecule has 1 unspecified atom stereocenters. The zero-order chi connectivity index (χ0) is 16.7. The number of benzene rings is 2. The first-order valence-electron chi connectivity index (χ1n) is 7.33. The van der Waals surface area contributed by atoms with E-state index < -0.39 is 0 Å². The molecular weight excluding hydrogens is 296 g/mol. The molecule has 5 nitrogen and oxygen atoms in total. The molecular formula is C18H18O5. The molecule has 2 N–H and O–H groups in total. The number of hydrogen-bond acceptors (Lipinski definition) is 5. The van der Waals surface area contributed by atoms with E-state index in [1.54, 1.807) is 21.0 Å². The Morgan fingerprint density at radius 2 is 1.74 bits per heavy atom. The molecule has 3 rings (SSSR count).